The molecule has 0 aromatic heterocycles. The van der Waals surface area contributed by atoms with Crippen LogP contribution in [-0.2, 0) is 4.74 Å². The van der Waals surface area contributed by atoms with Crippen molar-refractivity contribution >= 4 is 5.91 Å². The van der Waals surface area contributed by atoms with E-state index in [1.807, 2.05) is 4.90 Å². The van der Waals surface area contributed by atoms with E-state index in [1.165, 1.54) is 0 Å². The highest BCUT2D eigenvalue weighted by Crippen LogP contribution is 2.26. The Morgan fingerprint density at radius 3 is 2.61 bits per heavy atom. The number of nitrogens with zero attached hydrogens (tertiary/aromatic N) is 1. The van der Waals surface area contributed by atoms with Gasteiger partial charge in [-0.1, -0.05) is 0 Å². The van der Waals surface area contributed by atoms with Gasteiger partial charge in [-0.15, -0.1) is 0 Å². The summed E-state index contributed by atoms with van der Waals surface area (Å²) in [6, 6.07) is 5.27. The smallest absolute Gasteiger partial charge is 0.257 e. The second-order valence-electron chi connectivity index (χ2n) is 5.57. The predicted molar refractivity (Wildman–Crippen MR) is 88.1 cm³/mol. The maximum Gasteiger partial charge on any atom is 0.257 e. The number of ether oxygens (including phenoxy) is 3. The molecule has 2 rings (SSSR count). The lowest BCUT2D eigenvalue weighted by molar-refractivity contribution is 0.00837. The Morgan fingerprint density at radius 2 is 2.00 bits per heavy atom. The van der Waals surface area contributed by atoms with Crippen LogP contribution in [0.5, 0.6) is 11.5 Å². The number of hydrogen-bond donors (Lipinski definition) is 1. The molecule has 6 nitrogen and oxygen atoms in total. The first kappa shape index (κ1) is 17.6. The lowest BCUT2D eigenvalue weighted by Crippen LogP contribution is -2.41. The fourth-order valence-electron chi connectivity index (χ4n) is 2.71. The molecule has 1 aromatic rings. The Balaban J connectivity index is 1.97. The van der Waals surface area contributed by atoms with Crippen LogP contribution in [0.3, 0.4) is 0 Å². The molecule has 1 aliphatic rings. The second kappa shape index (κ2) is 8.74. The van der Waals surface area contributed by atoms with Gasteiger partial charge < -0.3 is 24.8 Å². The van der Waals surface area contributed by atoms with E-state index in [0.29, 0.717) is 43.3 Å². The average molecular weight is 322 g/mol. The van der Waals surface area contributed by atoms with E-state index in [9.17, 15) is 4.79 Å². The van der Waals surface area contributed by atoms with Gasteiger partial charge in [-0.2, -0.15) is 0 Å². The number of benzene rings is 1. The summed E-state index contributed by atoms with van der Waals surface area (Å²) in [5, 5.41) is 0. The highest BCUT2D eigenvalue weighted by atomic mass is 16.5. The summed E-state index contributed by atoms with van der Waals surface area (Å²) in [7, 11) is 3.15. The third kappa shape index (κ3) is 4.59. The Morgan fingerprint density at radius 1 is 1.26 bits per heavy atom. The van der Waals surface area contributed by atoms with Crippen molar-refractivity contribution in [3.63, 3.8) is 0 Å². The lowest BCUT2D eigenvalue weighted by atomic mass is 10.1. The van der Waals surface area contributed by atoms with Crippen molar-refractivity contribution in [2.75, 3.05) is 40.5 Å². The Hall–Kier alpha value is -1.79. The van der Waals surface area contributed by atoms with Gasteiger partial charge in [-0.3, -0.25) is 4.79 Å². The SMILES string of the molecule is COc1ccc(OC)c(C(=O)N2CCC(OCCCN)CC2)c1. The molecule has 1 saturated heterocycles. The molecule has 1 amide bonds. The minimum Gasteiger partial charge on any atom is -0.497 e. The van der Waals surface area contributed by atoms with Crippen molar-refractivity contribution in [3.8, 4) is 11.5 Å². The monoisotopic (exact) mass is 322 g/mol. The molecule has 0 bridgehead atoms. The predicted octanol–water partition coefficient (Wildman–Crippen LogP) is 1.67. The molecule has 6 heteroatoms. The Labute approximate surface area is 137 Å². The maximum absolute atomic E-state index is 12.7. The molecule has 0 atom stereocenters. The topological polar surface area (TPSA) is 74.0 Å². The molecular weight excluding hydrogens is 296 g/mol. The van der Waals surface area contributed by atoms with E-state index in [4.69, 9.17) is 19.9 Å². The molecule has 1 heterocycles. The summed E-state index contributed by atoms with van der Waals surface area (Å²) >= 11 is 0. The van der Waals surface area contributed by atoms with Gasteiger partial charge in [-0.25, -0.2) is 0 Å². The van der Waals surface area contributed by atoms with Crippen LogP contribution < -0.4 is 15.2 Å². The molecule has 1 fully saturated rings. The third-order valence-corrected chi connectivity index (χ3v) is 4.07. The summed E-state index contributed by atoms with van der Waals surface area (Å²) in [4.78, 5) is 14.6. The van der Waals surface area contributed by atoms with Gasteiger partial charge in [0.1, 0.15) is 11.5 Å². The number of piperidine rings is 1. The molecule has 1 aliphatic heterocycles. The number of carbonyl (C=O) groups excluding carboxylic acids is 1. The van der Waals surface area contributed by atoms with Gasteiger partial charge in [-0.05, 0) is 44.0 Å². The molecule has 1 aromatic carbocycles. The molecular formula is C17H26N2O4. The number of likely N-dealkylation sites (tertiary alicyclic amines) is 1. The van der Waals surface area contributed by atoms with Crippen molar-refractivity contribution in [2.45, 2.75) is 25.4 Å². The normalized spacial score (nSPS) is 15.5. The van der Waals surface area contributed by atoms with E-state index >= 15 is 0 Å². The molecule has 0 saturated carbocycles. The van der Waals surface area contributed by atoms with Crippen LogP contribution in [-0.4, -0.2) is 57.4 Å². The van der Waals surface area contributed by atoms with Crippen LogP contribution in [0.1, 0.15) is 29.6 Å². The molecule has 2 N–H and O–H groups in total. The van der Waals surface area contributed by atoms with Crippen molar-refractivity contribution in [2.24, 2.45) is 5.73 Å². The molecule has 0 radical (unpaired) electrons. The first-order valence-electron chi connectivity index (χ1n) is 8.02. The van der Waals surface area contributed by atoms with E-state index in [0.717, 1.165) is 19.3 Å². The number of rotatable bonds is 7. The average Bonchev–Trinajstić information content (AvgIpc) is 2.61. The first-order valence-corrected chi connectivity index (χ1v) is 8.02. The van der Waals surface area contributed by atoms with Gasteiger partial charge in [0.2, 0.25) is 0 Å². The lowest BCUT2D eigenvalue weighted by Gasteiger charge is -2.32. The van der Waals surface area contributed by atoms with Gasteiger partial charge in [0, 0.05) is 19.7 Å². The van der Waals surface area contributed by atoms with Crippen LogP contribution in [0.25, 0.3) is 0 Å². The molecule has 0 unspecified atom stereocenters. The number of carbonyl (C=O) groups is 1. The van der Waals surface area contributed by atoms with Crippen molar-refractivity contribution in [3.05, 3.63) is 23.8 Å². The summed E-state index contributed by atoms with van der Waals surface area (Å²) in [6.45, 7) is 2.71. The largest absolute Gasteiger partial charge is 0.497 e. The standard InChI is InChI=1S/C17H26N2O4/c1-21-14-4-5-16(22-2)15(12-14)17(20)19-9-6-13(7-10-19)23-11-3-8-18/h4-5,12-13H,3,6-11,18H2,1-2H3. The van der Waals surface area contributed by atoms with Crippen LogP contribution in [0.2, 0.25) is 0 Å². The molecule has 23 heavy (non-hydrogen) atoms. The Bertz CT molecular complexity index is 513. The van der Waals surface area contributed by atoms with Gasteiger partial charge in [0.15, 0.2) is 0 Å². The number of hydrogen-bond acceptors (Lipinski definition) is 5. The summed E-state index contributed by atoms with van der Waals surface area (Å²) in [5.74, 6) is 1.19. The fraction of sp³-hybridized carbons (Fsp3) is 0.588. The fourth-order valence-corrected chi connectivity index (χ4v) is 2.71. The first-order chi connectivity index (χ1) is 11.2. The van der Waals surface area contributed by atoms with Crippen LogP contribution in [0.4, 0.5) is 0 Å². The van der Waals surface area contributed by atoms with Crippen molar-refractivity contribution in [1.29, 1.82) is 0 Å². The molecule has 0 aliphatic carbocycles. The maximum atomic E-state index is 12.7. The summed E-state index contributed by atoms with van der Waals surface area (Å²) in [5.41, 5.74) is 6.00. The minimum atomic E-state index is -0.0267. The third-order valence-electron chi connectivity index (χ3n) is 4.07. The zero-order valence-electron chi connectivity index (χ0n) is 13.9. The van der Waals surface area contributed by atoms with Crippen molar-refractivity contribution < 1.29 is 19.0 Å². The quantitative estimate of drug-likeness (QED) is 0.773. The number of methoxy groups -OCH3 is 2. The van der Waals surface area contributed by atoms with Gasteiger partial charge in [0.25, 0.3) is 5.91 Å². The van der Waals surface area contributed by atoms with Crippen LogP contribution in [0, 0.1) is 0 Å². The molecule has 128 valence electrons. The second-order valence-corrected chi connectivity index (χ2v) is 5.57. The van der Waals surface area contributed by atoms with E-state index in [1.54, 1.807) is 32.4 Å². The highest BCUT2D eigenvalue weighted by molar-refractivity contribution is 5.97. The minimum absolute atomic E-state index is 0.0267. The van der Waals surface area contributed by atoms with E-state index in [2.05, 4.69) is 0 Å². The van der Waals surface area contributed by atoms with Gasteiger partial charge >= 0.3 is 0 Å². The summed E-state index contributed by atoms with van der Waals surface area (Å²) < 4.78 is 16.3. The molecule has 0 spiro atoms. The number of nitrogens with two attached hydrogens (primary N) is 1. The van der Waals surface area contributed by atoms with E-state index < -0.39 is 0 Å². The summed E-state index contributed by atoms with van der Waals surface area (Å²) in [6.07, 6.45) is 2.79. The highest BCUT2D eigenvalue weighted by Gasteiger charge is 2.26. The zero-order valence-corrected chi connectivity index (χ0v) is 13.9. The van der Waals surface area contributed by atoms with E-state index in [-0.39, 0.29) is 12.0 Å². The van der Waals surface area contributed by atoms with Gasteiger partial charge in [0.05, 0.1) is 25.9 Å². The zero-order chi connectivity index (χ0) is 16.7. The number of amides is 1. The Kier molecular flexibility index (Phi) is 6.67. The van der Waals surface area contributed by atoms with Crippen LogP contribution in [0.15, 0.2) is 18.2 Å². The van der Waals surface area contributed by atoms with Crippen molar-refractivity contribution in [1.82, 2.24) is 4.90 Å². The van der Waals surface area contributed by atoms with Crippen LogP contribution >= 0.6 is 0 Å².